The molecule has 0 fully saturated rings. The van der Waals surface area contributed by atoms with Gasteiger partial charge in [0.2, 0.25) is 0 Å². The second-order valence-corrected chi connectivity index (χ2v) is 6.11. The SMILES string of the molecule is CC[C@](C)(NC(=O)c1ccnc(-n2cncn2)c1)c1nccs1. The van der Waals surface area contributed by atoms with Crippen LogP contribution in [0, 0.1) is 0 Å². The number of carbonyl (C=O) groups excluding carboxylic acids is 1. The van der Waals surface area contributed by atoms with Gasteiger partial charge < -0.3 is 5.32 Å². The topological polar surface area (TPSA) is 85.6 Å². The number of nitrogens with zero attached hydrogens (tertiary/aromatic N) is 5. The van der Waals surface area contributed by atoms with Crippen LogP contribution in [0.5, 0.6) is 0 Å². The Morgan fingerprint density at radius 1 is 1.39 bits per heavy atom. The first-order chi connectivity index (χ1) is 11.1. The maximum atomic E-state index is 12.6. The molecule has 0 unspecified atom stereocenters. The zero-order chi connectivity index (χ0) is 16.3. The van der Waals surface area contributed by atoms with Crippen molar-refractivity contribution < 1.29 is 4.79 Å². The molecule has 0 spiro atoms. The van der Waals surface area contributed by atoms with E-state index in [1.54, 1.807) is 24.5 Å². The van der Waals surface area contributed by atoms with Crippen LogP contribution in [0.3, 0.4) is 0 Å². The Kier molecular flexibility index (Phi) is 4.16. The highest BCUT2D eigenvalue weighted by Crippen LogP contribution is 2.26. The van der Waals surface area contributed by atoms with Gasteiger partial charge in [0.05, 0.1) is 5.54 Å². The van der Waals surface area contributed by atoms with Crippen LogP contribution in [0.15, 0.2) is 42.6 Å². The van der Waals surface area contributed by atoms with Gasteiger partial charge in [-0.25, -0.2) is 19.6 Å². The van der Waals surface area contributed by atoms with Crippen molar-refractivity contribution in [2.24, 2.45) is 0 Å². The van der Waals surface area contributed by atoms with Gasteiger partial charge in [-0.15, -0.1) is 11.3 Å². The Morgan fingerprint density at radius 2 is 2.26 bits per heavy atom. The molecule has 1 amide bonds. The predicted molar refractivity (Wildman–Crippen MR) is 86.4 cm³/mol. The molecule has 3 aromatic heterocycles. The third kappa shape index (κ3) is 3.11. The lowest BCUT2D eigenvalue weighted by Crippen LogP contribution is -2.43. The van der Waals surface area contributed by atoms with Crippen molar-refractivity contribution in [1.82, 2.24) is 30.0 Å². The van der Waals surface area contributed by atoms with Gasteiger partial charge in [0.1, 0.15) is 17.7 Å². The molecule has 118 valence electrons. The molecule has 3 heterocycles. The van der Waals surface area contributed by atoms with Crippen LogP contribution in [0.4, 0.5) is 0 Å². The fourth-order valence-corrected chi connectivity index (χ4v) is 2.95. The number of rotatable bonds is 5. The fourth-order valence-electron chi connectivity index (χ4n) is 2.12. The van der Waals surface area contributed by atoms with Crippen LogP contribution in [0.25, 0.3) is 5.82 Å². The highest BCUT2D eigenvalue weighted by Gasteiger charge is 2.29. The lowest BCUT2D eigenvalue weighted by Gasteiger charge is -2.27. The first-order valence-electron chi connectivity index (χ1n) is 7.16. The van der Waals surface area contributed by atoms with E-state index < -0.39 is 5.54 Å². The summed E-state index contributed by atoms with van der Waals surface area (Å²) in [4.78, 5) is 25.0. The van der Waals surface area contributed by atoms with E-state index in [0.717, 1.165) is 11.4 Å². The van der Waals surface area contributed by atoms with Crippen molar-refractivity contribution in [3.05, 3.63) is 53.1 Å². The molecule has 1 atom stereocenters. The molecule has 0 saturated carbocycles. The number of thiazole rings is 1. The molecule has 3 aromatic rings. The lowest BCUT2D eigenvalue weighted by molar-refractivity contribution is 0.0901. The van der Waals surface area contributed by atoms with E-state index in [1.807, 2.05) is 19.2 Å². The van der Waals surface area contributed by atoms with Gasteiger partial charge in [0.15, 0.2) is 5.82 Å². The van der Waals surface area contributed by atoms with E-state index in [2.05, 4.69) is 25.4 Å². The number of nitrogens with one attached hydrogen (secondary N) is 1. The van der Waals surface area contributed by atoms with Gasteiger partial charge in [-0.05, 0) is 25.5 Å². The summed E-state index contributed by atoms with van der Waals surface area (Å²) >= 11 is 1.53. The second kappa shape index (κ2) is 6.25. The molecular formula is C15H16N6OS. The van der Waals surface area contributed by atoms with E-state index in [1.165, 1.54) is 28.7 Å². The lowest BCUT2D eigenvalue weighted by atomic mass is 9.99. The van der Waals surface area contributed by atoms with Crippen molar-refractivity contribution in [3.8, 4) is 5.82 Å². The largest absolute Gasteiger partial charge is 0.340 e. The minimum Gasteiger partial charge on any atom is -0.340 e. The highest BCUT2D eigenvalue weighted by molar-refractivity contribution is 7.09. The van der Waals surface area contributed by atoms with Gasteiger partial charge in [0, 0.05) is 23.3 Å². The number of aromatic nitrogens is 5. The van der Waals surface area contributed by atoms with Crippen molar-refractivity contribution in [2.75, 3.05) is 0 Å². The zero-order valence-corrected chi connectivity index (χ0v) is 13.6. The minimum absolute atomic E-state index is 0.173. The first kappa shape index (κ1) is 15.3. The maximum absolute atomic E-state index is 12.6. The summed E-state index contributed by atoms with van der Waals surface area (Å²) in [6.07, 6.45) is 7.03. The van der Waals surface area contributed by atoms with Crippen LogP contribution in [0.2, 0.25) is 0 Å². The number of amides is 1. The maximum Gasteiger partial charge on any atom is 0.252 e. The quantitative estimate of drug-likeness (QED) is 0.776. The number of hydrogen-bond donors (Lipinski definition) is 1. The van der Waals surface area contributed by atoms with Crippen LogP contribution in [0.1, 0.15) is 35.6 Å². The van der Waals surface area contributed by atoms with Crippen LogP contribution < -0.4 is 5.32 Å². The molecule has 8 heteroatoms. The summed E-state index contributed by atoms with van der Waals surface area (Å²) < 4.78 is 1.51. The number of hydrogen-bond acceptors (Lipinski definition) is 6. The van der Waals surface area contributed by atoms with Crippen molar-refractivity contribution in [2.45, 2.75) is 25.8 Å². The van der Waals surface area contributed by atoms with E-state index >= 15 is 0 Å². The highest BCUT2D eigenvalue weighted by atomic mass is 32.1. The normalized spacial score (nSPS) is 13.5. The monoisotopic (exact) mass is 328 g/mol. The van der Waals surface area contributed by atoms with Gasteiger partial charge in [-0.2, -0.15) is 5.10 Å². The molecule has 7 nitrogen and oxygen atoms in total. The van der Waals surface area contributed by atoms with Crippen LogP contribution in [-0.2, 0) is 5.54 Å². The Labute approximate surface area is 137 Å². The van der Waals surface area contributed by atoms with Gasteiger partial charge in [-0.3, -0.25) is 4.79 Å². The van der Waals surface area contributed by atoms with Crippen LogP contribution >= 0.6 is 11.3 Å². The van der Waals surface area contributed by atoms with E-state index in [0.29, 0.717) is 11.4 Å². The molecule has 0 aliphatic heterocycles. The molecule has 0 saturated heterocycles. The third-order valence-electron chi connectivity index (χ3n) is 3.66. The average molecular weight is 328 g/mol. The summed E-state index contributed by atoms with van der Waals surface area (Å²) in [6.45, 7) is 4.00. The Hall–Kier alpha value is -2.61. The summed E-state index contributed by atoms with van der Waals surface area (Å²) in [5.74, 6) is 0.371. The number of carbonyl (C=O) groups is 1. The third-order valence-corrected chi connectivity index (χ3v) is 4.70. The summed E-state index contributed by atoms with van der Waals surface area (Å²) in [6, 6.07) is 3.36. The second-order valence-electron chi connectivity index (χ2n) is 5.22. The molecule has 0 aliphatic rings. The molecule has 0 radical (unpaired) electrons. The van der Waals surface area contributed by atoms with E-state index in [9.17, 15) is 4.79 Å². The first-order valence-corrected chi connectivity index (χ1v) is 8.04. The molecule has 3 rings (SSSR count). The minimum atomic E-state index is -0.498. The molecular weight excluding hydrogens is 312 g/mol. The van der Waals surface area contributed by atoms with Crippen molar-refractivity contribution in [3.63, 3.8) is 0 Å². The van der Waals surface area contributed by atoms with Crippen LogP contribution in [-0.4, -0.2) is 30.6 Å². The molecule has 0 aromatic carbocycles. The summed E-state index contributed by atoms with van der Waals surface area (Å²) in [7, 11) is 0. The van der Waals surface area contributed by atoms with E-state index in [4.69, 9.17) is 0 Å². The standard InChI is InChI=1S/C15H16N6OS/c1-3-15(2,14-18-6-7-23-14)20-13(22)11-4-5-17-12(8-11)21-10-16-9-19-21/h4-10H,3H2,1-2H3,(H,20,22)/t15-/m0/s1. The molecule has 0 bridgehead atoms. The summed E-state index contributed by atoms with van der Waals surface area (Å²) in [5.41, 5.74) is 0.0174. The van der Waals surface area contributed by atoms with Gasteiger partial charge in [0.25, 0.3) is 5.91 Å². The van der Waals surface area contributed by atoms with Gasteiger partial charge >= 0.3 is 0 Å². The Bertz CT molecular complexity index is 786. The van der Waals surface area contributed by atoms with Crippen molar-refractivity contribution in [1.29, 1.82) is 0 Å². The summed E-state index contributed by atoms with van der Waals surface area (Å²) in [5, 5.41) is 9.89. The van der Waals surface area contributed by atoms with Crippen molar-refractivity contribution >= 4 is 17.2 Å². The zero-order valence-electron chi connectivity index (χ0n) is 12.8. The molecule has 23 heavy (non-hydrogen) atoms. The average Bonchev–Trinajstić information content (AvgIpc) is 3.28. The Balaban J connectivity index is 1.85. The smallest absolute Gasteiger partial charge is 0.252 e. The fraction of sp³-hybridized carbons (Fsp3) is 0.267. The predicted octanol–water partition coefficient (Wildman–Crippen LogP) is 2.17. The molecule has 0 aliphatic carbocycles. The number of pyridine rings is 1. The van der Waals surface area contributed by atoms with E-state index in [-0.39, 0.29) is 5.91 Å². The Morgan fingerprint density at radius 3 is 2.91 bits per heavy atom. The van der Waals surface area contributed by atoms with Gasteiger partial charge in [-0.1, -0.05) is 6.92 Å². The molecule has 1 N–H and O–H groups in total.